The number of carbonyl (C=O) groups is 2. The van der Waals surface area contributed by atoms with Crippen LogP contribution in [0.1, 0.15) is 11.1 Å². The van der Waals surface area contributed by atoms with Crippen LogP contribution in [0.2, 0.25) is 0 Å². The SMILES string of the molecule is O=C(COc1ccc(/C=N\NC(=O)CN(c2cccc(Br)c2)S(=O)(=O)c2ccccc2)cc1)NCc1ccccc1. The number of halogens is 1. The summed E-state index contributed by atoms with van der Waals surface area (Å²) in [5, 5.41) is 6.75. The standard InChI is InChI=1S/C30H27BrN4O5S/c31-25-10-7-11-26(18-25)35(41(38,39)28-12-5-2-6-13-28)21-29(36)34-33-20-24-14-16-27(17-15-24)40-22-30(37)32-19-23-8-3-1-4-9-23/h1-18,20H,19,21-22H2,(H,32,37)(H,34,36)/b33-20-. The van der Waals surface area contributed by atoms with E-state index in [0.717, 1.165) is 9.87 Å². The van der Waals surface area contributed by atoms with Crippen molar-refractivity contribution in [2.45, 2.75) is 11.4 Å². The number of nitrogens with zero attached hydrogens (tertiary/aromatic N) is 2. The number of sulfonamides is 1. The largest absolute Gasteiger partial charge is 0.484 e. The Balaban J connectivity index is 1.31. The highest BCUT2D eigenvalue weighted by Crippen LogP contribution is 2.26. The smallest absolute Gasteiger partial charge is 0.264 e. The van der Waals surface area contributed by atoms with Crippen molar-refractivity contribution in [1.29, 1.82) is 0 Å². The van der Waals surface area contributed by atoms with Gasteiger partial charge in [0.25, 0.3) is 21.8 Å². The molecule has 0 bridgehead atoms. The Morgan fingerprint density at radius 3 is 2.22 bits per heavy atom. The maximum atomic E-state index is 13.4. The fraction of sp³-hybridized carbons (Fsp3) is 0.100. The Morgan fingerprint density at radius 2 is 1.54 bits per heavy atom. The van der Waals surface area contributed by atoms with Gasteiger partial charge in [0.2, 0.25) is 0 Å². The fourth-order valence-corrected chi connectivity index (χ4v) is 5.48. The van der Waals surface area contributed by atoms with Crippen LogP contribution in [0.25, 0.3) is 0 Å². The average Bonchev–Trinajstić information content (AvgIpc) is 2.99. The monoisotopic (exact) mass is 634 g/mol. The van der Waals surface area contributed by atoms with Crippen LogP contribution in [0.15, 0.2) is 124 Å². The van der Waals surface area contributed by atoms with E-state index >= 15 is 0 Å². The molecule has 2 amide bonds. The number of ether oxygens (including phenoxy) is 1. The predicted octanol–water partition coefficient (Wildman–Crippen LogP) is 4.49. The molecule has 2 N–H and O–H groups in total. The van der Waals surface area contributed by atoms with Crippen molar-refractivity contribution >= 4 is 49.7 Å². The minimum atomic E-state index is -4.02. The fourth-order valence-electron chi connectivity index (χ4n) is 3.66. The predicted molar refractivity (Wildman–Crippen MR) is 161 cm³/mol. The normalized spacial score (nSPS) is 11.1. The first-order valence-corrected chi connectivity index (χ1v) is 14.7. The lowest BCUT2D eigenvalue weighted by atomic mass is 10.2. The van der Waals surface area contributed by atoms with E-state index in [1.807, 2.05) is 30.3 Å². The third-order valence-corrected chi connectivity index (χ3v) is 7.98. The molecular weight excluding hydrogens is 608 g/mol. The molecule has 41 heavy (non-hydrogen) atoms. The third-order valence-electron chi connectivity index (χ3n) is 5.70. The van der Waals surface area contributed by atoms with Crippen LogP contribution in [-0.4, -0.2) is 39.6 Å². The van der Waals surface area contributed by atoms with Crippen molar-refractivity contribution in [3.05, 3.63) is 125 Å². The number of hydrogen-bond acceptors (Lipinski definition) is 6. The van der Waals surface area contributed by atoms with Gasteiger partial charge in [0.15, 0.2) is 6.61 Å². The summed E-state index contributed by atoms with van der Waals surface area (Å²) in [6.45, 7) is -0.191. The van der Waals surface area contributed by atoms with Crippen molar-refractivity contribution in [3.63, 3.8) is 0 Å². The van der Waals surface area contributed by atoms with Crippen LogP contribution in [0.4, 0.5) is 5.69 Å². The number of nitrogens with one attached hydrogen (secondary N) is 2. The van der Waals surface area contributed by atoms with Gasteiger partial charge in [-0.3, -0.25) is 13.9 Å². The Morgan fingerprint density at radius 1 is 0.854 bits per heavy atom. The summed E-state index contributed by atoms with van der Waals surface area (Å²) in [7, 11) is -4.02. The molecule has 4 rings (SSSR count). The van der Waals surface area contributed by atoms with E-state index in [9.17, 15) is 18.0 Å². The van der Waals surface area contributed by atoms with Crippen LogP contribution in [0.3, 0.4) is 0 Å². The second-order valence-corrected chi connectivity index (χ2v) is 11.5. The Bertz CT molecular complexity index is 1600. The van der Waals surface area contributed by atoms with Gasteiger partial charge in [0, 0.05) is 11.0 Å². The first kappa shape index (κ1) is 29.5. The number of hydrogen-bond donors (Lipinski definition) is 2. The van der Waals surface area contributed by atoms with Gasteiger partial charge in [-0.05, 0) is 65.7 Å². The van der Waals surface area contributed by atoms with Gasteiger partial charge in [-0.15, -0.1) is 0 Å². The molecule has 0 aliphatic carbocycles. The molecule has 4 aromatic rings. The second kappa shape index (κ2) is 14.2. The molecule has 0 aliphatic heterocycles. The molecule has 0 spiro atoms. The van der Waals surface area contributed by atoms with E-state index in [1.54, 1.807) is 66.7 Å². The Kier molecular flexibility index (Phi) is 10.2. The number of benzene rings is 4. The Labute approximate surface area is 247 Å². The van der Waals surface area contributed by atoms with Gasteiger partial charge in [0.05, 0.1) is 16.8 Å². The van der Waals surface area contributed by atoms with Crippen molar-refractivity contribution in [2.75, 3.05) is 17.5 Å². The molecular formula is C30H27BrN4O5S. The highest BCUT2D eigenvalue weighted by molar-refractivity contribution is 9.10. The topological polar surface area (TPSA) is 117 Å². The van der Waals surface area contributed by atoms with Crippen molar-refractivity contribution in [2.24, 2.45) is 5.10 Å². The summed E-state index contributed by atoms with van der Waals surface area (Å²) in [6, 6.07) is 30.9. The van der Waals surface area contributed by atoms with Crippen LogP contribution < -0.4 is 19.8 Å². The molecule has 210 valence electrons. The Hall–Kier alpha value is -4.48. The number of hydrazone groups is 1. The quantitative estimate of drug-likeness (QED) is 0.176. The molecule has 0 radical (unpaired) electrons. The highest BCUT2D eigenvalue weighted by Gasteiger charge is 2.27. The molecule has 0 aliphatic rings. The molecule has 9 nitrogen and oxygen atoms in total. The summed E-state index contributed by atoms with van der Waals surface area (Å²) in [6.07, 6.45) is 1.42. The van der Waals surface area contributed by atoms with Crippen LogP contribution in [-0.2, 0) is 26.2 Å². The molecule has 11 heteroatoms. The molecule has 0 heterocycles. The first-order valence-electron chi connectivity index (χ1n) is 12.5. The molecule has 0 aromatic heterocycles. The van der Waals surface area contributed by atoms with Gasteiger partial charge in [0.1, 0.15) is 12.3 Å². The minimum Gasteiger partial charge on any atom is -0.484 e. The van der Waals surface area contributed by atoms with Gasteiger partial charge >= 0.3 is 0 Å². The van der Waals surface area contributed by atoms with Gasteiger partial charge in [-0.25, -0.2) is 13.8 Å². The van der Waals surface area contributed by atoms with E-state index in [-0.39, 0.29) is 17.4 Å². The summed E-state index contributed by atoms with van der Waals surface area (Å²) in [5.74, 6) is -0.368. The van der Waals surface area contributed by atoms with Crippen LogP contribution in [0.5, 0.6) is 5.75 Å². The van der Waals surface area contributed by atoms with Crippen molar-refractivity contribution in [1.82, 2.24) is 10.7 Å². The average molecular weight is 636 g/mol. The van der Waals surface area contributed by atoms with Crippen LogP contribution in [0, 0.1) is 0 Å². The minimum absolute atomic E-state index is 0.0623. The number of amides is 2. The number of rotatable bonds is 12. The van der Waals surface area contributed by atoms with E-state index in [4.69, 9.17) is 4.74 Å². The molecule has 0 saturated heterocycles. The van der Waals surface area contributed by atoms with E-state index in [0.29, 0.717) is 28.0 Å². The summed E-state index contributed by atoms with van der Waals surface area (Å²) in [4.78, 5) is 24.8. The third kappa shape index (κ3) is 8.75. The highest BCUT2D eigenvalue weighted by atomic mass is 79.9. The van der Waals surface area contributed by atoms with Gasteiger partial charge in [-0.1, -0.05) is 70.5 Å². The van der Waals surface area contributed by atoms with Crippen molar-refractivity contribution in [3.8, 4) is 5.75 Å². The maximum Gasteiger partial charge on any atom is 0.264 e. The first-order chi connectivity index (χ1) is 19.8. The summed E-state index contributed by atoms with van der Waals surface area (Å²) >= 11 is 3.35. The molecule has 4 aromatic carbocycles. The molecule has 0 saturated carbocycles. The lowest BCUT2D eigenvalue weighted by molar-refractivity contribution is -0.123. The number of anilines is 1. The second-order valence-electron chi connectivity index (χ2n) is 8.72. The lowest BCUT2D eigenvalue weighted by Crippen LogP contribution is -2.39. The molecule has 0 unspecified atom stereocenters. The summed E-state index contributed by atoms with van der Waals surface area (Å²) < 4.78 is 33.9. The zero-order chi connectivity index (χ0) is 29.1. The van der Waals surface area contributed by atoms with E-state index < -0.39 is 22.5 Å². The maximum absolute atomic E-state index is 13.4. The zero-order valence-corrected chi connectivity index (χ0v) is 24.2. The van der Waals surface area contributed by atoms with Crippen LogP contribution >= 0.6 is 15.9 Å². The van der Waals surface area contributed by atoms with Gasteiger partial charge < -0.3 is 10.1 Å². The molecule has 0 fully saturated rings. The number of carbonyl (C=O) groups excluding carboxylic acids is 2. The molecule has 0 atom stereocenters. The lowest BCUT2D eigenvalue weighted by Gasteiger charge is -2.23. The summed E-state index contributed by atoms with van der Waals surface area (Å²) in [5.41, 5.74) is 4.36. The van der Waals surface area contributed by atoms with Gasteiger partial charge in [-0.2, -0.15) is 5.10 Å². The van der Waals surface area contributed by atoms with Crippen molar-refractivity contribution < 1.29 is 22.7 Å². The van der Waals surface area contributed by atoms with E-state index in [1.165, 1.54) is 18.3 Å². The zero-order valence-electron chi connectivity index (χ0n) is 21.8. The van der Waals surface area contributed by atoms with E-state index in [2.05, 4.69) is 31.8 Å².